The Morgan fingerprint density at radius 2 is 1.67 bits per heavy atom. The molecule has 1 fully saturated rings. The molecule has 0 radical (unpaired) electrons. The third kappa shape index (κ3) is 10.1. The van der Waals surface area contributed by atoms with Crippen molar-refractivity contribution in [2.24, 2.45) is 0 Å². The van der Waals surface area contributed by atoms with Gasteiger partial charge in [-0.15, -0.1) is 3.89 Å². The molecule has 1 rings (SSSR count). The van der Waals surface area contributed by atoms with Crippen molar-refractivity contribution < 1.29 is 20.7 Å². The van der Waals surface area contributed by atoms with E-state index in [9.17, 15) is 20.7 Å². The van der Waals surface area contributed by atoms with Gasteiger partial charge < -0.3 is 0 Å². The lowest BCUT2D eigenvalue weighted by atomic mass is 10.4. The normalized spacial score (nSPS) is 19.3. The van der Waals surface area contributed by atoms with Crippen molar-refractivity contribution in [3.8, 4) is 0 Å². The lowest BCUT2D eigenvalue weighted by molar-refractivity contribution is 0.548. The molecule has 0 aromatic carbocycles. The number of unbranched alkanes of at least 4 members (excludes halogenated alkanes) is 1. The molecule has 92 valence electrons. The molecular weight excluding hydrogens is 243 g/mol. The first-order valence-corrected chi connectivity index (χ1v) is 8.27. The van der Waals surface area contributed by atoms with Gasteiger partial charge in [0.2, 0.25) is 0 Å². The summed E-state index contributed by atoms with van der Waals surface area (Å²) in [4.78, 5) is 0. The molecule has 0 aliphatic carbocycles. The molecule has 15 heavy (non-hydrogen) atoms. The fourth-order valence-electron chi connectivity index (χ4n) is 1.06. The Hall–Kier alpha value is -0.170. The van der Waals surface area contributed by atoms with Gasteiger partial charge in [0.25, 0.3) is 0 Å². The maximum atomic E-state index is 11.5. The monoisotopic (exact) mass is 260 g/mol. The molecule has 0 amide bonds. The zero-order chi connectivity index (χ0) is 11.9. The van der Waals surface area contributed by atoms with Crippen molar-refractivity contribution in [3.63, 3.8) is 0 Å². The van der Waals surface area contributed by atoms with Crippen molar-refractivity contribution in [2.75, 3.05) is 17.3 Å². The summed E-state index contributed by atoms with van der Waals surface area (Å²) in [5.41, 5.74) is 0. The zero-order valence-electron chi connectivity index (χ0n) is 8.78. The summed E-state index contributed by atoms with van der Waals surface area (Å²) in [7, 11) is -6.73. The zero-order valence-corrected chi connectivity index (χ0v) is 10.4. The molecule has 0 saturated carbocycles. The molecule has 7 heteroatoms. The Kier molecular flexibility index (Phi) is 6.35. The number of rotatable bonds is 3. The van der Waals surface area contributed by atoms with Crippen LogP contribution in [0, 0.1) is 0 Å². The Morgan fingerprint density at radius 1 is 1.20 bits per heavy atom. The van der Waals surface area contributed by atoms with E-state index < -0.39 is 20.1 Å². The standard InChI is InChI=1S/C4H9FO2S.C4H8O2S/c1-2-3-4-8(5,6)7;5-7(6)3-1-2-4-7/h2-4H2,1H3;1-4H2. The van der Waals surface area contributed by atoms with Crippen molar-refractivity contribution >= 4 is 20.1 Å². The molecule has 1 aliphatic rings. The van der Waals surface area contributed by atoms with Crippen molar-refractivity contribution in [1.82, 2.24) is 0 Å². The lowest BCUT2D eigenvalue weighted by Crippen LogP contribution is -1.98. The summed E-state index contributed by atoms with van der Waals surface area (Å²) in [5.74, 6) is 0.517. The van der Waals surface area contributed by atoms with E-state index in [0.717, 1.165) is 12.8 Å². The van der Waals surface area contributed by atoms with Crippen molar-refractivity contribution in [1.29, 1.82) is 0 Å². The van der Waals surface area contributed by atoms with E-state index in [1.807, 2.05) is 6.92 Å². The van der Waals surface area contributed by atoms with Crippen LogP contribution in [0.1, 0.15) is 32.6 Å². The Morgan fingerprint density at radius 3 is 1.80 bits per heavy atom. The first-order valence-electron chi connectivity index (χ1n) is 4.89. The fourth-order valence-corrected chi connectivity index (χ4v) is 3.19. The van der Waals surface area contributed by atoms with Crippen LogP contribution in [0.3, 0.4) is 0 Å². The Bertz CT molecular complexity index is 346. The smallest absolute Gasteiger partial charge is 0.229 e. The predicted octanol–water partition coefficient (Wildman–Crippen LogP) is 1.28. The lowest BCUT2D eigenvalue weighted by Gasteiger charge is -1.87. The number of sulfone groups is 1. The van der Waals surface area contributed by atoms with Gasteiger partial charge in [0.15, 0.2) is 0 Å². The van der Waals surface area contributed by atoms with Crippen molar-refractivity contribution in [2.45, 2.75) is 32.6 Å². The van der Waals surface area contributed by atoms with Crippen LogP contribution in [0.25, 0.3) is 0 Å². The maximum Gasteiger partial charge on any atom is 0.302 e. The summed E-state index contributed by atoms with van der Waals surface area (Å²) >= 11 is 0. The van der Waals surface area contributed by atoms with E-state index in [-0.39, 0.29) is 5.75 Å². The highest BCUT2D eigenvalue weighted by Gasteiger charge is 2.16. The first-order chi connectivity index (χ1) is 6.77. The molecule has 0 aromatic rings. The van der Waals surface area contributed by atoms with Crippen LogP contribution < -0.4 is 0 Å². The van der Waals surface area contributed by atoms with Gasteiger partial charge in [-0.2, -0.15) is 8.42 Å². The Balaban J connectivity index is 0.000000262. The van der Waals surface area contributed by atoms with E-state index in [2.05, 4.69) is 0 Å². The van der Waals surface area contributed by atoms with Crippen LogP contribution in [0.2, 0.25) is 0 Å². The molecule has 0 atom stereocenters. The second kappa shape index (κ2) is 6.42. The number of hydrogen-bond acceptors (Lipinski definition) is 4. The van der Waals surface area contributed by atoms with Gasteiger partial charge in [0.1, 0.15) is 9.84 Å². The molecule has 1 saturated heterocycles. The molecule has 0 unspecified atom stereocenters. The van der Waals surface area contributed by atoms with Crippen LogP contribution in [0.4, 0.5) is 3.89 Å². The number of halogens is 1. The first kappa shape index (κ1) is 14.8. The summed E-state index contributed by atoms with van der Waals surface area (Å²) in [6, 6.07) is 0. The van der Waals surface area contributed by atoms with Crippen LogP contribution in [-0.4, -0.2) is 34.1 Å². The van der Waals surface area contributed by atoms with E-state index in [4.69, 9.17) is 0 Å². The van der Waals surface area contributed by atoms with Gasteiger partial charge in [-0.1, -0.05) is 13.3 Å². The molecule has 1 heterocycles. The molecular formula is C8H17FO4S2. The molecule has 1 aliphatic heterocycles. The highest BCUT2D eigenvalue weighted by molar-refractivity contribution is 7.91. The largest absolute Gasteiger partial charge is 0.302 e. The minimum atomic E-state index is -4.19. The average molecular weight is 260 g/mol. The van der Waals surface area contributed by atoms with E-state index in [0.29, 0.717) is 24.3 Å². The fraction of sp³-hybridized carbons (Fsp3) is 1.00. The molecule has 0 spiro atoms. The summed E-state index contributed by atoms with van der Waals surface area (Å²) in [6.45, 7) is 1.81. The van der Waals surface area contributed by atoms with Crippen LogP contribution in [0.5, 0.6) is 0 Å². The van der Waals surface area contributed by atoms with Gasteiger partial charge in [-0.05, 0) is 19.3 Å². The van der Waals surface area contributed by atoms with Gasteiger partial charge in [-0.3, -0.25) is 0 Å². The molecule has 0 bridgehead atoms. The summed E-state index contributed by atoms with van der Waals surface area (Å²) in [5, 5.41) is 0. The minimum absolute atomic E-state index is 0.330. The second-order valence-corrected chi connectivity index (χ2v) is 7.25. The highest BCUT2D eigenvalue weighted by Crippen LogP contribution is 2.08. The van der Waals surface area contributed by atoms with Gasteiger partial charge >= 0.3 is 10.2 Å². The number of hydrogen-bond donors (Lipinski definition) is 0. The Labute approximate surface area is 91.0 Å². The van der Waals surface area contributed by atoms with E-state index >= 15 is 0 Å². The highest BCUT2D eigenvalue weighted by atomic mass is 32.3. The predicted molar refractivity (Wildman–Crippen MR) is 57.7 cm³/mol. The second-order valence-electron chi connectivity index (χ2n) is 3.46. The third-order valence-corrected chi connectivity index (χ3v) is 4.50. The molecule has 4 nitrogen and oxygen atoms in total. The average Bonchev–Trinajstić information content (AvgIpc) is 2.46. The summed E-state index contributed by atoms with van der Waals surface area (Å²) < 4.78 is 51.9. The molecule has 0 N–H and O–H groups in total. The van der Waals surface area contributed by atoms with E-state index in [1.165, 1.54) is 0 Å². The van der Waals surface area contributed by atoms with Crippen LogP contribution >= 0.6 is 0 Å². The van der Waals surface area contributed by atoms with Crippen molar-refractivity contribution in [3.05, 3.63) is 0 Å². The summed E-state index contributed by atoms with van der Waals surface area (Å²) in [6.07, 6.45) is 2.88. The topological polar surface area (TPSA) is 68.3 Å². The third-order valence-electron chi connectivity index (χ3n) is 1.90. The van der Waals surface area contributed by atoms with Gasteiger partial charge in [-0.25, -0.2) is 8.42 Å². The molecule has 0 aromatic heterocycles. The maximum absolute atomic E-state index is 11.5. The minimum Gasteiger partial charge on any atom is -0.229 e. The van der Waals surface area contributed by atoms with E-state index in [1.54, 1.807) is 0 Å². The van der Waals surface area contributed by atoms with Gasteiger partial charge in [0.05, 0.1) is 17.3 Å². The quantitative estimate of drug-likeness (QED) is 0.717. The van der Waals surface area contributed by atoms with Crippen LogP contribution in [-0.2, 0) is 20.1 Å². The van der Waals surface area contributed by atoms with Gasteiger partial charge in [0, 0.05) is 0 Å². The SMILES string of the molecule is CCCCS(=O)(=O)F.O=S1(=O)CCCC1. The van der Waals surface area contributed by atoms with Crippen LogP contribution in [0.15, 0.2) is 0 Å².